The largest absolute Gasteiger partial charge is 0.345 e. The number of aromatic amines is 1. The second kappa shape index (κ2) is 4.89. The molecular weight excluding hydrogens is 306 g/mol. The molecule has 0 fully saturated rings. The normalized spacial score (nSPS) is 11.4. The van der Waals surface area contributed by atoms with E-state index in [-0.39, 0.29) is 4.66 Å². The Morgan fingerprint density at radius 3 is 2.53 bits per heavy atom. The summed E-state index contributed by atoms with van der Waals surface area (Å²) >= 11 is 2.91. The molecule has 0 aliphatic carbocycles. The van der Waals surface area contributed by atoms with Crippen molar-refractivity contribution >= 4 is 31.6 Å². The number of hydrogen-bond donors (Lipinski definition) is 2. The average Bonchev–Trinajstić information content (AvgIpc) is 2.83. The van der Waals surface area contributed by atoms with Gasteiger partial charge in [-0.2, -0.15) is 0 Å². The van der Waals surface area contributed by atoms with Crippen LogP contribution < -0.4 is 4.72 Å². The van der Waals surface area contributed by atoms with Gasteiger partial charge < -0.3 is 4.98 Å². The number of alkyl halides is 1. The highest BCUT2D eigenvalue weighted by Crippen LogP contribution is 2.19. The van der Waals surface area contributed by atoms with Crippen LogP contribution in [-0.2, 0) is 10.0 Å². The van der Waals surface area contributed by atoms with Gasteiger partial charge in [0.1, 0.15) is 4.66 Å². The number of benzene rings is 1. The van der Waals surface area contributed by atoms with E-state index in [1.807, 2.05) is 12.1 Å². The van der Waals surface area contributed by atoms with Crippen molar-refractivity contribution in [2.75, 3.05) is 9.38 Å². The van der Waals surface area contributed by atoms with Crippen LogP contribution in [0.3, 0.4) is 0 Å². The number of halogens is 1. The fourth-order valence-electron chi connectivity index (χ4n) is 1.34. The van der Waals surface area contributed by atoms with Crippen molar-refractivity contribution in [2.45, 2.75) is 0 Å². The van der Waals surface area contributed by atoms with Crippen molar-refractivity contribution in [3.63, 3.8) is 0 Å². The maximum atomic E-state index is 11.3. The minimum Gasteiger partial charge on any atom is -0.345 e. The third kappa shape index (κ3) is 3.07. The summed E-state index contributed by atoms with van der Waals surface area (Å²) in [5, 5.41) is 0. The monoisotopic (exact) mass is 315 g/mol. The number of imidazole rings is 1. The Morgan fingerprint density at radius 2 is 2.00 bits per heavy atom. The van der Waals surface area contributed by atoms with E-state index in [9.17, 15) is 8.42 Å². The molecule has 0 bridgehead atoms. The molecule has 0 unspecified atom stereocenters. The number of rotatable bonds is 4. The summed E-state index contributed by atoms with van der Waals surface area (Å²) < 4.78 is 24.9. The fourth-order valence-corrected chi connectivity index (χ4v) is 2.23. The molecule has 0 saturated heterocycles. The van der Waals surface area contributed by atoms with E-state index in [0.29, 0.717) is 5.69 Å². The molecule has 1 aromatic carbocycles. The summed E-state index contributed by atoms with van der Waals surface area (Å²) in [4.78, 5) is 6.90. The van der Waals surface area contributed by atoms with Crippen LogP contribution in [0.1, 0.15) is 0 Å². The average molecular weight is 316 g/mol. The first kappa shape index (κ1) is 12.1. The van der Waals surface area contributed by atoms with Gasteiger partial charge in [-0.25, -0.2) is 13.4 Å². The van der Waals surface area contributed by atoms with Gasteiger partial charge in [0.05, 0.1) is 18.2 Å². The Balaban J connectivity index is 2.19. The summed E-state index contributed by atoms with van der Waals surface area (Å²) in [5.41, 5.74) is 2.37. The van der Waals surface area contributed by atoms with Crippen molar-refractivity contribution in [3.05, 3.63) is 36.8 Å². The van der Waals surface area contributed by atoms with Gasteiger partial charge in [-0.3, -0.25) is 4.72 Å². The SMILES string of the molecule is O=S(=O)(CBr)Nc1ccc(-c2cnc[nH]2)cc1. The van der Waals surface area contributed by atoms with Gasteiger partial charge in [-0.15, -0.1) is 0 Å². The summed E-state index contributed by atoms with van der Waals surface area (Å²) in [7, 11) is -3.29. The molecule has 0 amide bonds. The van der Waals surface area contributed by atoms with Crippen molar-refractivity contribution in [3.8, 4) is 11.3 Å². The van der Waals surface area contributed by atoms with E-state index in [4.69, 9.17) is 0 Å². The first-order valence-electron chi connectivity index (χ1n) is 4.76. The van der Waals surface area contributed by atoms with Crippen molar-refractivity contribution in [1.29, 1.82) is 0 Å². The number of H-pyrrole nitrogens is 1. The van der Waals surface area contributed by atoms with E-state index < -0.39 is 10.0 Å². The summed E-state index contributed by atoms with van der Waals surface area (Å²) in [6.45, 7) is 0. The number of hydrogen-bond acceptors (Lipinski definition) is 3. The predicted molar refractivity (Wildman–Crippen MR) is 70.4 cm³/mol. The minimum atomic E-state index is -3.29. The summed E-state index contributed by atoms with van der Waals surface area (Å²) in [6.07, 6.45) is 3.30. The molecule has 2 N–H and O–H groups in total. The Labute approximate surface area is 107 Å². The van der Waals surface area contributed by atoms with Gasteiger partial charge in [0.2, 0.25) is 10.0 Å². The van der Waals surface area contributed by atoms with Gasteiger partial charge in [0.15, 0.2) is 0 Å². The van der Waals surface area contributed by atoms with Gasteiger partial charge in [0, 0.05) is 5.69 Å². The minimum absolute atomic E-state index is 0.123. The molecule has 0 aliphatic heterocycles. The van der Waals surface area contributed by atoms with Gasteiger partial charge in [0.25, 0.3) is 0 Å². The third-order valence-corrected chi connectivity index (χ3v) is 4.75. The molecule has 7 heteroatoms. The molecule has 90 valence electrons. The Morgan fingerprint density at radius 1 is 1.29 bits per heavy atom. The maximum absolute atomic E-state index is 11.3. The lowest BCUT2D eigenvalue weighted by Crippen LogP contribution is -2.12. The molecule has 0 atom stereocenters. The zero-order valence-electron chi connectivity index (χ0n) is 8.72. The third-order valence-electron chi connectivity index (χ3n) is 2.11. The summed E-state index contributed by atoms with van der Waals surface area (Å²) in [6, 6.07) is 7.05. The Bertz CT molecular complexity index is 579. The van der Waals surface area contributed by atoms with Gasteiger partial charge >= 0.3 is 0 Å². The summed E-state index contributed by atoms with van der Waals surface area (Å²) in [5.74, 6) is 0. The topological polar surface area (TPSA) is 74.8 Å². The zero-order chi connectivity index (χ0) is 12.3. The molecule has 2 aromatic rings. The molecule has 0 radical (unpaired) electrons. The quantitative estimate of drug-likeness (QED) is 0.849. The lowest BCUT2D eigenvalue weighted by Gasteiger charge is -2.05. The molecule has 1 aromatic heterocycles. The van der Waals surface area contributed by atoms with Crippen molar-refractivity contribution in [2.24, 2.45) is 0 Å². The molecule has 0 aliphatic rings. The molecule has 1 heterocycles. The van der Waals surface area contributed by atoms with Crippen LogP contribution in [0.2, 0.25) is 0 Å². The highest BCUT2D eigenvalue weighted by Gasteiger charge is 2.07. The number of aromatic nitrogens is 2. The van der Waals surface area contributed by atoms with Gasteiger partial charge in [-0.05, 0) is 17.7 Å². The van der Waals surface area contributed by atoms with E-state index in [1.165, 1.54) is 0 Å². The van der Waals surface area contributed by atoms with Crippen LogP contribution >= 0.6 is 15.9 Å². The number of nitrogens with one attached hydrogen (secondary N) is 2. The predicted octanol–water partition coefficient (Wildman–Crippen LogP) is 2.17. The lowest BCUT2D eigenvalue weighted by atomic mass is 10.1. The van der Waals surface area contributed by atoms with E-state index in [1.54, 1.807) is 24.7 Å². The van der Waals surface area contributed by atoms with Crippen LogP contribution in [0.5, 0.6) is 0 Å². The standard InChI is InChI=1S/C10H10BrN3O2S/c11-6-17(15,16)14-9-3-1-8(2-4-9)10-5-12-7-13-10/h1-5,7,14H,6H2,(H,12,13). The highest BCUT2D eigenvalue weighted by atomic mass is 79.9. The molecule has 0 saturated carbocycles. The Hall–Kier alpha value is -1.34. The van der Waals surface area contributed by atoms with Crippen LogP contribution in [0.25, 0.3) is 11.3 Å². The van der Waals surface area contributed by atoms with Crippen LogP contribution in [0, 0.1) is 0 Å². The second-order valence-electron chi connectivity index (χ2n) is 3.37. The van der Waals surface area contributed by atoms with E-state index >= 15 is 0 Å². The lowest BCUT2D eigenvalue weighted by molar-refractivity contribution is 0.606. The Kier molecular flexibility index (Phi) is 3.49. The number of anilines is 1. The molecule has 5 nitrogen and oxygen atoms in total. The molecular formula is C10H10BrN3O2S. The van der Waals surface area contributed by atoms with Crippen LogP contribution in [0.15, 0.2) is 36.8 Å². The number of nitrogens with zero attached hydrogens (tertiary/aromatic N) is 1. The van der Waals surface area contributed by atoms with Crippen LogP contribution in [-0.4, -0.2) is 23.0 Å². The first-order chi connectivity index (χ1) is 8.11. The zero-order valence-corrected chi connectivity index (χ0v) is 11.1. The first-order valence-corrected chi connectivity index (χ1v) is 7.53. The van der Waals surface area contributed by atoms with Gasteiger partial charge in [-0.1, -0.05) is 28.1 Å². The van der Waals surface area contributed by atoms with Crippen molar-refractivity contribution in [1.82, 2.24) is 9.97 Å². The fraction of sp³-hybridized carbons (Fsp3) is 0.100. The smallest absolute Gasteiger partial charge is 0.242 e. The molecule has 17 heavy (non-hydrogen) atoms. The molecule has 2 rings (SSSR count). The van der Waals surface area contributed by atoms with Crippen molar-refractivity contribution < 1.29 is 8.42 Å². The maximum Gasteiger partial charge on any atom is 0.242 e. The van der Waals surface area contributed by atoms with Crippen LogP contribution in [0.4, 0.5) is 5.69 Å². The second-order valence-corrected chi connectivity index (χ2v) is 6.39. The molecule has 0 spiro atoms. The van der Waals surface area contributed by atoms with E-state index in [0.717, 1.165) is 11.3 Å². The highest BCUT2D eigenvalue weighted by molar-refractivity contribution is 9.10. The number of sulfonamides is 1. The van der Waals surface area contributed by atoms with E-state index in [2.05, 4.69) is 30.6 Å².